The van der Waals surface area contributed by atoms with E-state index in [0.29, 0.717) is 28.5 Å². The molecule has 0 aliphatic rings. The first-order valence-electron chi connectivity index (χ1n) is 7.44. The van der Waals surface area contributed by atoms with Gasteiger partial charge in [-0.1, -0.05) is 15.9 Å². The number of benzene rings is 2. The van der Waals surface area contributed by atoms with Crippen molar-refractivity contribution < 1.29 is 22.6 Å². The van der Waals surface area contributed by atoms with Crippen molar-refractivity contribution >= 4 is 31.7 Å². The topological polar surface area (TPSA) is 86.2 Å². The van der Waals surface area contributed by atoms with Crippen LogP contribution in [0.2, 0.25) is 0 Å². The van der Waals surface area contributed by atoms with E-state index in [4.69, 9.17) is 14.2 Å². The Morgan fingerprint density at radius 2 is 1.54 bits per heavy atom. The van der Waals surface area contributed by atoms with Crippen LogP contribution in [0.15, 0.2) is 50.9 Å². The average molecular weight is 443 g/mol. The lowest BCUT2D eigenvalue weighted by atomic mass is 10.1. The van der Waals surface area contributed by atoms with Gasteiger partial charge in [-0.25, -0.2) is 0 Å². The fourth-order valence-corrected chi connectivity index (χ4v) is 3.27. The maximum atomic E-state index is 12.3. The predicted molar refractivity (Wildman–Crippen MR) is 103 cm³/mol. The van der Waals surface area contributed by atoms with Crippen molar-refractivity contribution in [1.82, 2.24) is 4.83 Å². The van der Waals surface area contributed by atoms with E-state index in [2.05, 4.69) is 25.9 Å². The van der Waals surface area contributed by atoms with Crippen LogP contribution in [-0.2, 0) is 10.0 Å². The zero-order valence-corrected chi connectivity index (χ0v) is 17.1. The minimum atomic E-state index is -3.77. The number of hydrogen-bond donors (Lipinski definition) is 1. The highest BCUT2D eigenvalue weighted by Gasteiger charge is 2.16. The van der Waals surface area contributed by atoms with Gasteiger partial charge < -0.3 is 14.2 Å². The first kappa shape index (κ1) is 20.1. The molecular formula is C17H19BrN2O5S. The Morgan fingerprint density at radius 1 is 1.00 bits per heavy atom. The van der Waals surface area contributed by atoms with Crippen LogP contribution in [0.1, 0.15) is 12.5 Å². The summed E-state index contributed by atoms with van der Waals surface area (Å²) in [6.07, 6.45) is 0. The molecule has 0 aromatic heterocycles. The number of halogens is 1. The molecule has 0 saturated carbocycles. The summed E-state index contributed by atoms with van der Waals surface area (Å²) in [7, 11) is 0.745. The molecule has 26 heavy (non-hydrogen) atoms. The third-order valence-corrected chi connectivity index (χ3v) is 5.29. The summed E-state index contributed by atoms with van der Waals surface area (Å²) < 4.78 is 41.3. The minimum absolute atomic E-state index is 0.113. The molecule has 1 N–H and O–H groups in total. The first-order valence-corrected chi connectivity index (χ1v) is 9.72. The fraction of sp³-hybridized carbons (Fsp3) is 0.235. The highest BCUT2D eigenvalue weighted by Crippen LogP contribution is 2.38. The Labute approximate surface area is 161 Å². The summed E-state index contributed by atoms with van der Waals surface area (Å²) in [5.41, 5.74) is 1.06. The summed E-state index contributed by atoms with van der Waals surface area (Å²) in [6.45, 7) is 1.67. The van der Waals surface area contributed by atoms with Crippen molar-refractivity contribution in [3.63, 3.8) is 0 Å². The smallest absolute Gasteiger partial charge is 0.276 e. The SMILES string of the molecule is COc1cc(/C(C)=N/NS(=O)(=O)c2ccc(Br)cc2)cc(OC)c1OC. The fourth-order valence-electron chi connectivity index (χ4n) is 2.15. The molecule has 0 radical (unpaired) electrons. The number of methoxy groups -OCH3 is 3. The summed E-state index contributed by atoms with van der Waals surface area (Å²) in [5.74, 6) is 1.35. The van der Waals surface area contributed by atoms with E-state index in [1.807, 2.05) is 0 Å². The molecule has 2 rings (SSSR count). The number of hydrogen-bond acceptors (Lipinski definition) is 6. The summed E-state index contributed by atoms with van der Waals surface area (Å²) in [6, 6.07) is 9.63. The van der Waals surface area contributed by atoms with Crippen LogP contribution >= 0.6 is 15.9 Å². The Balaban J connectivity index is 2.33. The van der Waals surface area contributed by atoms with Gasteiger partial charge in [-0.05, 0) is 43.3 Å². The molecule has 9 heteroatoms. The van der Waals surface area contributed by atoms with Gasteiger partial charge in [-0.3, -0.25) is 0 Å². The van der Waals surface area contributed by atoms with Crippen LogP contribution in [0, 0.1) is 0 Å². The van der Waals surface area contributed by atoms with Gasteiger partial charge in [0.1, 0.15) is 0 Å². The van der Waals surface area contributed by atoms with Crippen molar-refractivity contribution in [2.24, 2.45) is 5.10 Å². The van der Waals surface area contributed by atoms with Crippen molar-refractivity contribution in [2.45, 2.75) is 11.8 Å². The number of ether oxygens (including phenoxy) is 3. The van der Waals surface area contributed by atoms with Crippen LogP contribution in [-0.4, -0.2) is 35.5 Å². The number of sulfonamides is 1. The van der Waals surface area contributed by atoms with E-state index < -0.39 is 10.0 Å². The lowest BCUT2D eigenvalue weighted by Crippen LogP contribution is -2.20. The van der Waals surface area contributed by atoms with Crippen LogP contribution in [0.4, 0.5) is 0 Å². The summed E-state index contributed by atoms with van der Waals surface area (Å²) in [5, 5.41) is 3.99. The second-order valence-corrected chi connectivity index (χ2v) is 7.74. The van der Waals surface area contributed by atoms with Gasteiger partial charge in [0.2, 0.25) is 5.75 Å². The highest BCUT2D eigenvalue weighted by atomic mass is 79.9. The molecular weight excluding hydrogens is 424 g/mol. The minimum Gasteiger partial charge on any atom is -0.493 e. The highest BCUT2D eigenvalue weighted by molar-refractivity contribution is 9.10. The molecule has 0 aliphatic carbocycles. The molecule has 0 fully saturated rings. The zero-order valence-electron chi connectivity index (χ0n) is 14.7. The molecule has 0 aliphatic heterocycles. The van der Waals surface area contributed by atoms with Crippen LogP contribution in [0.3, 0.4) is 0 Å². The van der Waals surface area contributed by atoms with E-state index in [1.54, 1.807) is 31.2 Å². The first-order chi connectivity index (χ1) is 12.3. The van der Waals surface area contributed by atoms with Crippen molar-refractivity contribution in [1.29, 1.82) is 0 Å². The maximum absolute atomic E-state index is 12.3. The Bertz CT molecular complexity index is 886. The Kier molecular flexibility index (Phi) is 6.49. The normalized spacial score (nSPS) is 11.8. The second-order valence-electron chi connectivity index (χ2n) is 5.16. The molecule has 2 aromatic carbocycles. The second kappa shape index (κ2) is 8.41. The molecule has 0 amide bonds. The van der Waals surface area contributed by atoms with E-state index in [-0.39, 0.29) is 4.90 Å². The molecule has 0 heterocycles. The number of hydrazone groups is 1. The molecule has 140 valence electrons. The van der Waals surface area contributed by atoms with Gasteiger partial charge in [-0.15, -0.1) is 0 Å². The molecule has 0 unspecified atom stereocenters. The van der Waals surface area contributed by atoms with Gasteiger partial charge in [0.05, 0.1) is 31.9 Å². The van der Waals surface area contributed by atoms with E-state index in [0.717, 1.165) is 4.47 Å². The lowest BCUT2D eigenvalue weighted by Gasteiger charge is -2.14. The molecule has 0 atom stereocenters. The van der Waals surface area contributed by atoms with Crippen molar-refractivity contribution in [2.75, 3.05) is 21.3 Å². The van der Waals surface area contributed by atoms with Crippen molar-refractivity contribution in [3.8, 4) is 17.2 Å². The van der Waals surface area contributed by atoms with Gasteiger partial charge in [0.25, 0.3) is 10.0 Å². The third-order valence-electron chi connectivity index (χ3n) is 3.54. The van der Waals surface area contributed by atoms with Gasteiger partial charge in [0.15, 0.2) is 11.5 Å². The van der Waals surface area contributed by atoms with E-state index >= 15 is 0 Å². The number of nitrogens with zero attached hydrogens (tertiary/aromatic N) is 1. The Morgan fingerprint density at radius 3 is 2.00 bits per heavy atom. The molecule has 0 spiro atoms. The summed E-state index contributed by atoms with van der Waals surface area (Å²) in [4.78, 5) is 2.34. The molecule has 7 nitrogen and oxygen atoms in total. The van der Waals surface area contributed by atoms with E-state index in [9.17, 15) is 8.42 Å². The number of nitrogens with one attached hydrogen (secondary N) is 1. The maximum Gasteiger partial charge on any atom is 0.276 e. The van der Waals surface area contributed by atoms with Crippen LogP contribution < -0.4 is 19.0 Å². The van der Waals surface area contributed by atoms with Gasteiger partial charge >= 0.3 is 0 Å². The van der Waals surface area contributed by atoms with E-state index in [1.165, 1.54) is 33.5 Å². The van der Waals surface area contributed by atoms with Crippen LogP contribution in [0.5, 0.6) is 17.2 Å². The van der Waals surface area contributed by atoms with Crippen molar-refractivity contribution in [3.05, 3.63) is 46.4 Å². The standard InChI is InChI=1S/C17H19BrN2O5S/c1-11(12-9-15(23-2)17(25-4)16(10-12)24-3)19-20-26(21,22)14-7-5-13(18)6-8-14/h5-10,20H,1-4H3/b19-11+. The average Bonchev–Trinajstić information content (AvgIpc) is 2.65. The van der Waals surface area contributed by atoms with Gasteiger partial charge in [-0.2, -0.15) is 18.4 Å². The Hall–Kier alpha value is -2.26. The molecule has 0 bridgehead atoms. The van der Waals surface area contributed by atoms with Crippen LogP contribution in [0.25, 0.3) is 0 Å². The number of rotatable bonds is 7. The summed E-state index contributed by atoms with van der Waals surface area (Å²) >= 11 is 3.27. The third kappa shape index (κ3) is 4.47. The molecule has 2 aromatic rings. The molecule has 0 saturated heterocycles. The largest absolute Gasteiger partial charge is 0.493 e. The quantitative estimate of drug-likeness (QED) is 0.525. The lowest BCUT2D eigenvalue weighted by molar-refractivity contribution is 0.324. The zero-order chi connectivity index (χ0) is 19.3. The predicted octanol–water partition coefficient (Wildman–Crippen LogP) is 3.18. The van der Waals surface area contributed by atoms with Gasteiger partial charge in [0, 0.05) is 10.0 Å². The monoisotopic (exact) mass is 442 g/mol.